The van der Waals surface area contributed by atoms with Crippen molar-refractivity contribution in [2.24, 2.45) is 5.73 Å². The normalized spacial score (nSPS) is 22.8. The van der Waals surface area contributed by atoms with Crippen LogP contribution in [0.3, 0.4) is 0 Å². The molecule has 1 aliphatic carbocycles. The number of carbonyl (C=O) groups excluding carboxylic acids is 1. The molecule has 1 saturated carbocycles. The predicted octanol–water partition coefficient (Wildman–Crippen LogP) is 0.547. The molecular formula is C16H31N3O4S. The highest BCUT2D eigenvalue weighted by Crippen LogP contribution is 2.28. The van der Waals surface area contributed by atoms with Crippen LogP contribution in [0.1, 0.15) is 46.0 Å². The molecule has 2 rings (SSSR count). The van der Waals surface area contributed by atoms with Gasteiger partial charge >= 0.3 is 0 Å². The smallest absolute Gasteiger partial charge is 0.242 e. The molecule has 7 nitrogen and oxygen atoms in total. The molecule has 0 aromatic heterocycles. The van der Waals surface area contributed by atoms with Crippen LogP contribution in [0.15, 0.2) is 0 Å². The topological polar surface area (TPSA) is 92.9 Å². The van der Waals surface area contributed by atoms with Crippen LogP contribution in [0.25, 0.3) is 0 Å². The van der Waals surface area contributed by atoms with Crippen molar-refractivity contribution < 1.29 is 17.9 Å². The zero-order chi connectivity index (χ0) is 17.8. The molecule has 0 aromatic rings. The molecule has 2 N–H and O–H groups in total. The Bertz CT molecular complexity index is 521. The number of nitrogens with two attached hydrogens (primary N) is 1. The Morgan fingerprint density at radius 3 is 2.25 bits per heavy atom. The van der Waals surface area contributed by atoms with Crippen LogP contribution in [-0.4, -0.2) is 73.7 Å². The fraction of sp³-hybridized carbons (Fsp3) is 0.938. The van der Waals surface area contributed by atoms with Gasteiger partial charge in [-0.1, -0.05) is 19.3 Å². The molecule has 0 spiro atoms. The quantitative estimate of drug-likeness (QED) is 0.746. The standard InChI is InChI=1S/C16H31N3O4S/c1-14(2)23-12-13-24(21,22)19-10-8-18(9-11-19)15(20)16(17)6-4-3-5-7-16/h14H,3-13,17H2,1-2H3. The van der Waals surface area contributed by atoms with E-state index in [1.165, 1.54) is 4.31 Å². The van der Waals surface area contributed by atoms with E-state index in [1.807, 2.05) is 13.8 Å². The van der Waals surface area contributed by atoms with Gasteiger partial charge in [0.15, 0.2) is 0 Å². The number of ether oxygens (including phenoxy) is 1. The zero-order valence-electron chi connectivity index (χ0n) is 14.9. The Labute approximate surface area is 145 Å². The lowest BCUT2D eigenvalue weighted by molar-refractivity contribution is -0.139. The van der Waals surface area contributed by atoms with Crippen molar-refractivity contribution in [3.63, 3.8) is 0 Å². The van der Waals surface area contributed by atoms with Crippen molar-refractivity contribution in [3.05, 3.63) is 0 Å². The molecule has 0 bridgehead atoms. The van der Waals surface area contributed by atoms with Crippen LogP contribution in [-0.2, 0) is 19.6 Å². The SMILES string of the molecule is CC(C)OCCS(=O)(=O)N1CCN(C(=O)C2(N)CCCCC2)CC1. The lowest BCUT2D eigenvalue weighted by Gasteiger charge is -2.40. The monoisotopic (exact) mass is 361 g/mol. The van der Waals surface area contributed by atoms with E-state index in [0.29, 0.717) is 26.2 Å². The van der Waals surface area contributed by atoms with Gasteiger partial charge in [-0.25, -0.2) is 8.42 Å². The third kappa shape index (κ3) is 4.91. The average Bonchev–Trinajstić information content (AvgIpc) is 2.54. The first-order valence-corrected chi connectivity index (χ1v) is 10.5. The Hall–Kier alpha value is -0.700. The summed E-state index contributed by atoms with van der Waals surface area (Å²) in [5.41, 5.74) is 5.56. The van der Waals surface area contributed by atoms with E-state index >= 15 is 0 Å². The Balaban J connectivity index is 1.85. The highest BCUT2D eigenvalue weighted by atomic mass is 32.2. The maximum atomic E-state index is 12.7. The Kier molecular flexibility index (Phi) is 6.64. The lowest BCUT2D eigenvalue weighted by atomic mass is 9.81. The van der Waals surface area contributed by atoms with Gasteiger partial charge in [-0.05, 0) is 26.7 Å². The van der Waals surface area contributed by atoms with Crippen molar-refractivity contribution in [1.82, 2.24) is 9.21 Å². The van der Waals surface area contributed by atoms with Crippen LogP contribution >= 0.6 is 0 Å². The van der Waals surface area contributed by atoms with Gasteiger partial charge in [0.2, 0.25) is 15.9 Å². The first kappa shape index (κ1) is 19.6. The molecule has 1 aliphatic heterocycles. The number of carbonyl (C=O) groups is 1. The second-order valence-electron chi connectivity index (χ2n) is 7.14. The molecule has 1 heterocycles. The van der Waals surface area contributed by atoms with Crippen molar-refractivity contribution in [2.75, 3.05) is 38.5 Å². The summed E-state index contributed by atoms with van der Waals surface area (Å²) in [6, 6.07) is 0. The van der Waals surface area contributed by atoms with Crippen LogP contribution in [0.5, 0.6) is 0 Å². The van der Waals surface area contributed by atoms with Gasteiger partial charge in [-0.15, -0.1) is 0 Å². The van der Waals surface area contributed by atoms with Gasteiger partial charge in [-0.2, -0.15) is 4.31 Å². The highest BCUT2D eigenvalue weighted by Gasteiger charge is 2.40. The molecule has 2 aliphatic rings. The summed E-state index contributed by atoms with van der Waals surface area (Å²) in [6.45, 7) is 5.47. The summed E-state index contributed by atoms with van der Waals surface area (Å²) in [4.78, 5) is 14.4. The van der Waals surface area contributed by atoms with Gasteiger partial charge in [-0.3, -0.25) is 4.79 Å². The van der Waals surface area contributed by atoms with E-state index in [1.54, 1.807) is 4.90 Å². The molecule has 1 saturated heterocycles. The minimum atomic E-state index is -3.33. The molecule has 1 amide bonds. The van der Waals surface area contributed by atoms with Crippen molar-refractivity contribution in [1.29, 1.82) is 0 Å². The van der Waals surface area contributed by atoms with Crippen molar-refractivity contribution >= 4 is 15.9 Å². The minimum Gasteiger partial charge on any atom is -0.378 e. The maximum Gasteiger partial charge on any atom is 0.242 e. The summed E-state index contributed by atoms with van der Waals surface area (Å²) in [5.74, 6) is -0.0256. The number of nitrogens with zero attached hydrogens (tertiary/aromatic N) is 2. The molecule has 140 valence electrons. The third-order valence-corrected chi connectivity index (χ3v) is 6.72. The van der Waals surface area contributed by atoms with Gasteiger partial charge < -0.3 is 15.4 Å². The van der Waals surface area contributed by atoms with Crippen molar-refractivity contribution in [2.45, 2.75) is 57.6 Å². The van der Waals surface area contributed by atoms with Crippen LogP contribution in [0.4, 0.5) is 0 Å². The zero-order valence-corrected chi connectivity index (χ0v) is 15.7. The number of hydrogen-bond acceptors (Lipinski definition) is 5. The summed E-state index contributed by atoms with van der Waals surface area (Å²) in [7, 11) is -3.33. The van der Waals surface area contributed by atoms with Gasteiger partial charge in [0.1, 0.15) is 0 Å². The van der Waals surface area contributed by atoms with Crippen LogP contribution in [0, 0.1) is 0 Å². The molecule has 24 heavy (non-hydrogen) atoms. The molecular weight excluding hydrogens is 330 g/mol. The fourth-order valence-electron chi connectivity index (χ4n) is 3.40. The van der Waals surface area contributed by atoms with E-state index in [0.717, 1.165) is 32.1 Å². The van der Waals surface area contributed by atoms with E-state index in [-0.39, 0.29) is 24.4 Å². The second kappa shape index (κ2) is 8.12. The number of hydrogen-bond donors (Lipinski definition) is 1. The summed E-state index contributed by atoms with van der Waals surface area (Å²) < 4.78 is 31.4. The van der Waals surface area contributed by atoms with Crippen molar-refractivity contribution in [3.8, 4) is 0 Å². The summed E-state index contributed by atoms with van der Waals surface area (Å²) in [6.07, 6.45) is 4.61. The number of sulfonamides is 1. The van der Waals surface area contributed by atoms with Gasteiger partial charge in [0.25, 0.3) is 0 Å². The first-order valence-electron chi connectivity index (χ1n) is 8.92. The molecule has 0 radical (unpaired) electrons. The van der Waals surface area contributed by atoms with E-state index < -0.39 is 15.6 Å². The second-order valence-corrected chi connectivity index (χ2v) is 9.23. The van der Waals surface area contributed by atoms with Gasteiger partial charge in [0, 0.05) is 26.2 Å². The molecule has 0 unspecified atom stereocenters. The Morgan fingerprint density at radius 2 is 1.71 bits per heavy atom. The molecule has 0 atom stereocenters. The van der Waals surface area contributed by atoms with Crippen LogP contribution < -0.4 is 5.73 Å². The van der Waals surface area contributed by atoms with E-state index in [2.05, 4.69) is 0 Å². The predicted molar refractivity (Wildman–Crippen MR) is 93.0 cm³/mol. The Morgan fingerprint density at radius 1 is 1.12 bits per heavy atom. The largest absolute Gasteiger partial charge is 0.378 e. The fourth-order valence-corrected chi connectivity index (χ4v) is 4.68. The lowest BCUT2D eigenvalue weighted by Crippen LogP contribution is -2.60. The number of piperazine rings is 1. The highest BCUT2D eigenvalue weighted by molar-refractivity contribution is 7.89. The number of amides is 1. The maximum absolute atomic E-state index is 12.7. The van der Waals surface area contributed by atoms with E-state index in [4.69, 9.17) is 10.5 Å². The van der Waals surface area contributed by atoms with Gasteiger partial charge in [0.05, 0.1) is 24.0 Å². The number of rotatable bonds is 6. The first-order chi connectivity index (χ1) is 11.2. The summed E-state index contributed by atoms with van der Waals surface area (Å²) >= 11 is 0. The average molecular weight is 362 g/mol. The van der Waals surface area contributed by atoms with E-state index in [9.17, 15) is 13.2 Å². The van der Waals surface area contributed by atoms with Crippen LogP contribution in [0.2, 0.25) is 0 Å². The third-order valence-electron chi connectivity index (χ3n) is 4.88. The summed E-state index contributed by atoms with van der Waals surface area (Å²) in [5, 5.41) is 0. The minimum absolute atomic E-state index is 0.0117. The molecule has 2 fully saturated rings. The molecule has 0 aromatic carbocycles. The molecule has 8 heteroatoms.